The molecule has 106 valence electrons. The number of aryl methyl sites for hydroxylation is 2. The third-order valence-corrected chi connectivity index (χ3v) is 6.20. The molecule has 0 unspecified atom stereocenters. The molecule has 1 fully saturated rings. The first-order chi connectivity index (χ1) is 8.96. The number of amides is 1. The van der Waals surface area contributed by atoms with E-state index in [2.05, 4.69) is 11.9 Å². The van der Waals surface area contributed by atoms with E-state index >= 15 is 0 Å². The van der Waals surface area contributed by atoms with Crippen LogP contribution in [0.2, 0.25) is 0 Å². The third kappa shape index (κ3) is 3.14. The Bertz CT molecular complexity index is 542. The normalized spacial score (nSPS) is 18.5. The van der Waals surface area contributed by atoms with Gasteiger partial charge in [0.1, 0.15) is 0 Å². The largest absolute Gasteiger partial charge is 0.335 e. The monoisotopic (exact) mass is 301 g/mol. The van der Waals surface area contributed by atoms with E-state index < -0.39 is 9.73 Å². The Morgan fingerprint density at radius 1 is 1.37 bits per heavy atom. The molecule has 5 nitrogen and oxygen atoms in total. The van der Waals surface area contributed by atoms with Gasteiger partial charge in [0.15, 0.2) is 5.01 Å². The van der Waals surface area contributed by atoms with Gasteiger partial charge in [-0.15, -0.1) is 11.3 Å². The molecule has 0 bridgehead atoms. The van der Waals surface area contributed by atoms with Gasteiger partial charge in [-0.1, -0.05) is 13.8 Å². The fourth-order valence-electron chi connectivity index (χ4n) is 2.09. The number of nitrogens with one attached hydrogen (secondary N) is 1. The fraction of sp³-hybridized carbons (Fsp3) is 0.667. The van der Waals surface area contributed by atoms with E-state index in [1.54, 1.807) is 4.90 Å². The standard InChI is InChI=1S/C12H19N3O2S2/c1-3-9-10(4-2)18-11(14-9)12(16)15-5-7-19(13,17)8-6-15/h13H,3-8H2,1-2H3. The number of thiazole rings is 1. The molecule has 1 saturated heterocycles. The number of carbonyl (C=O) groups is 1. The molecule has 19 heavy (non-hydrogen) atoms. The Hall–Kier alpha value is -0.950. The Labute approximate surface area is 118 Å². The van der Waals surface area contributed by atoms with Gasteiger partial charge in [0.2, 0.25) is 0 Å². The van der Waals surface area contributed by atoms with Gasteiger partial charge in [-0.2, -0.15) is 0 Å². The molecule has 1 aromatic rings. The van der Waals surface area contributed by atoms with Crippen molar-refractivity contribution in [2.24, 2.45) is 0 Å². The van der Waals surface area contributed by atoms with E-state index in [1.807, 2.05) is 6.92 Å². The van der Waals surface area contributed by atoms with Gasteiger partial charge in [-0.25, -0.2) is 9.19 Å². The molecule has 0 radical (unpaired) electrons. The van der Waals surface area contributed by atoms with Crippen LogP contribution in [-0.2, 0) is 22.6 Å². The first-order valence-corrected chi connectivity index (χ1v) is 9.20. The van der Waals surface area contributed by atoms with E-state index in [1.165, 1.54) is 16.2 Å². The lowest BCUT2D eigenvalue weighted by molar-refractivity contribution is 0.0770. The maximum Gasteiger partial charge on any atom is 0.282 e. The van der Waals surface area contributed by atoms with Gasteiger partial charge in [0.25, 0.3) is 5.91 Å². The van der Waals surface area contributed by atoms with Crippen LogP contribution in [0.4, 0.5) is 0 Å². The number of aromatic nitrogens is 1. The highest BCUT2D eigenvalue weighted by atomic mass is 32.2. The average molecular weight is 301 g/mol. The Kier molecular flexibility index (Phi) is 4.25. The van der Waals surface area contributed by atoms with Crippen LogP contribution in [0.25, 0.3) is 0 Å². The molecule has 1 N–H and O–H groups in total. The molecular weight excluding hydrogens is 282 g/mol. The summed E-state index contributed by atoms with van der Waals surface area (Å²) in [5.41, 5.74) is 1.01. The van der Waals surface area contributed by atoms with Gasteiger partial charge in [0.05, 0.1) is 5.69 Å². The zero-order chi connectivity index (χ0) is 14.0. The van der Waals surface area contributed by atoms with Gasteiger partial charge < -0.3 is 4.90 Å². The highest BCUT2D eigenvalue weighted by Crippen LogP contribution is 2.22. The second-order valence-corrected chi connectivity index (χ2v) is 8.13. The zero-order valence-electron chi connectivity index (χ0n) is 11.3. The lowest BCUT2D eigenvalue weighted by Crippen LogP contribution is -2.43. The summed E-state index contributed by atoms with van der Waals surface area (Å²) in [5.74, 6) is 0.492. The molecule has 2 rings (SSSR count). The summed E-state index contributed by atoms with van der Waals surface area (Å²) in [6, 6.07) is 0. The highest BCUT2D eigenvalue weighted by molar-refractivity contribution is 7.92. The zero-order valence-corrected chi connectivity index (χ0v) is 12.9. The summed E-state index contributed by atoms with van der Waals surface area (Å²) in [7, 11) is -2.45. The van der Waals surface area contributed by atoms with Crippen molar-refractivity contribution in [3.05, 3.63) is 15.6 Å². The summed E-state index contributed by atoms with van der Waals surface area (Å²) in [6.45, 7) is 4.92. The van der Waals surface area contributed by atoms with Crippen LogP contribution < -0.4 is 0 Å². The van der Waals surface area contributed by atoms with Crippen LogP contribution in [0.5, 0.6) is 0 Å². The number of rotatable bonds is 3. The predicted molar refractivity (Wildman–Crippen MR) is 77.4 cm³/mol. The van der Waals surface area contributed by atoms with Crippen molar-refractivity contribution < 1.29 is 9.00 Å². The SMILES string of the molecule is CCc1nc(C(=O)N2CCS(=N)(=O)CC2)sc1CC. The molecule has 0 aromatic carbocycles. The van der Waals surface area contributed by atoms with E-state index in [9.17, 15) is 9.00 Å². The molecular formula is C12H19N3O2S2. The smallest absolute Gasteiger partial charge is 0.282 e. The van der Waals surface area contributed by atoms with Crippen molar-refractivity contribution >= 4 is 27.0 Å². The molecule has 1 amide bonds. The lowest BCUT2D eigenvalue weighted by Gasteiger charge is -2.27. The molecule has 0 aliphatic carbocycles. The van der Waals surface area contributed by atoms with Crippen LogP contribution in [0.3, 0.4) is 0 Å². The van der Waals surface area contributed by atoms with Crippen LogP contribution in [-0.4, -0.2) is 44.6 Å². The number of nitrogens with zero attached hydrogens (tertiary/aromatic N) is 2. The number of hydrogen-bond donors (Lipinski definition) is 1. The van der Waals surface area contributed by atoms with Crippen molar-refractivity contribution in [3.63, 3.8) is 0 Å². The molecule has 0 atom stereocenters. The fourth-order valence-corrected chi connectivity index (χ4v) is 4.39. The van der Waals surface area contributed by atoms with E-state index in [0.29, 0.717) is 18.1 Å². The molecule has 0 spiro atoms. The summed E-state index contributed by atoms with van der Waals surface area (Å²) >= 11 is 1.47. The Balaban J connectivity index is 2.14. The summed E-state index contributed by atoms with van der Waals surface area (Å²) in [5, 5.41) is 0.534. The minimum Gasteiger partial charge on any atom is -0.335 e. The third-order valence-electron chi connectivity index (χ3n) is 3.29. The first kappa shape index (κ1) is 14.5. The van der Waals surface area contributed by atoms with Crippen molar-refractivity contribution in [2.45, 2.75) is 26.7 Å². The molecule has 1 aliphatic rings. The predicted octanol–water partition coefficient (Wildman–Crippen LogP) is 1.77. The van der Waals surface area contributed by atoms with Crippen molar-refractivity contribution in [1.82, 2.24) is 9.88 Å². The van der Waals surface area contributed by atoms with Gasteiger partial charge >= 0.3 is 0 Å². The van der Waals surface area contributed by atoms with Crippen LogP contribution in [0.15, 0.2) is 0 Å². The highest BCUT2D eigenvalue weighted by Gasteiger charge is 2.26. The van der Waals surface area contributed by atoms with Gasteiger partial charge in [0, 0.05) is 39.2 Å². The van der Waals surface area contributed by atoms with Crippen molar-refractivity contribution in [2.75, 3.05) is 24.6 Å². The van der Waals surface area contributed by atoms with Gasteiger partial charge in [-0.05, 0) is 12.8 Å². The van der Waals surface area contributed by atoms with Crippen LogP contribution >= 0.6 is 11.3 Å². The maximum atomic E-state index is 12.3. The molecule has 1 aliphatic heterocycles. The quantitative estimate of drug-likeness (QED) is 0.924. The second-order valence-electron chi connectivity index (χ2n) is 4.61. The van der Waals surface area contributed by atoms with Crippen molar-refractivity contribution in [3.8, 4) is 0 Å². The Morgan fingerprint density at radius 3 is 2.47 bits per heavy atom. The van der Waals surface area contributed by atoms with Crippen LogP contribution in [0.1, 0.15) is 34.2 Å². The van der Waals surface area contributed by atoms with E-state index in [-0.39, 0.29) is 17.4 Å². The second kappa shape index (κ2) is 5.58. The van der Waals surface area contributed by atoms with Crippen molar-refractivity contribution in [1.29, 1.82) is 4.78 Å². The lowest BCUT2D eigenvalue weighted by atomic mass is 10.2. The number of carbonyl (C=O) groups excluding carboxylic acids is 1. The van der Waals surface area contributed by atoms with Gasteiger partial charge in [-0.3, -0.25) is 9.57 Å². The molecule has 1 aromatic heterocycles. The molecule has 7 heteroatoms. The average Bonchev–Trinajstić information content (AvgIpc) is 2.81. The summed E-state index contributed by atoms with van der Waals surface area (Å²) in [6.07, 6.45) is 1.74. The Morgan fingerprint density at radius 2 is 2.00 bits per heavy atom. The maximum absolute atomic E-state index is 12.3. The number of hydrogen-bond acceptors (Lipinski definition) is 5. The van der Waals surface area contributed by atoms with E-state index in [0.717, 1.165) is 18.5 Å². The topological polar surface area (TPSA) is 74.1 Å². The van der Waals surface area contributed by atoms with Crippen LogP contribution in [0, 0.1) is 4.78 Å². The summed E-state index contributed by atoms with van der Waals surface area (Å²) < 4.78 is 19.1. The van der Waals surface area contributed by atoms with E-state index in [4.69, 9.17) is 4.78 Å². The summed E-state index contributed by atoms with van der Waals surface area (Å²) in [4.78, 5) is 19.6. The molecule has 2 heterocycles. The minimum atomic E-state index is -2.45. The minimum absolute atomic E-state index is 0.0747. The molecule has 0 saturated carbocycles. The first-order valence-electron chi connectivity index (χ1n) is 6.49.